The molecule has 0 saturated heterocycles. The fraction of sp³-hybridized carbons (Fsp3) is 0.417. The summed E-state index contributed by atoms with van der Waals surface area (Å²) in [5, 5.41) is 2.97. The van der Waals surface area contributed by atoms with Crippen LogP contribution in [0, 0.1) is 13.8 Å². The highest BCUT2D eigenvalue weighted by Crippen LogP contribution is 2.22. The number of carbonyl (C=O) groups is 2. The van der Waals surface area contributed by atoms with Gasteiger partial charge in [0.15, 0.2) is 6.61 Å². The number of ether oxygens (including phenoxy) is 1. The molecule has 2 rings (SSSR count). The Balaban J connectivity index is 2.16. The number of benzene rings is 2. The summed E-state index contributed by atoms with van der Waals surface area (Å²) in [4.78, 5) is 27.4. The summed E-state index contributed by atoms with van der Waals surface area (Å²) in [5.41, 5.74) is 3.11. The number of aryl methyl sites for hydroxylation is 2. The summed E-state index contributed by atoms with van der Waals surface area (Å²) >= 11 is 3.46. The summed E-state index contributed by atoms with van der Waals surface area (Å²) in [7, 11) is 0. The third-order valence-corrected chi connectivity index (χ3v) is 5.99. The predicted molar refractivity (Wildman–Crippen MR) is 123 cm³/mol. The van der Waals surface area contributed by atoms with Crippen LogP contribution in [0.5, 0.6) is 5.75 Å². The molecule has 0 spiro atoms. The van der Waals surface area contributed by atoms with Gasteiger partial charge in [-0.2, -0.15) is 0 Å². The molecule has 1 N–H and O–H groups in total. The number of carbonyl (C=O) groups excluding carboxylic acids is 2. The van der Waals surface area contributed by atoms with E-state index in [4.69, 9.17) is 4.74 Å². The Hall–Kier alpha value is -2.34. The Morgan fingerprint density at radius 1 is 1.13 bits per heavy atom. The van der Waals surface area contributed by atoms with Crippen LogP contribution in [0.3, 0.4) is 0 Å². The van der Waals surface area contributed by atoms with Crippen molar-refractivity contribution in [1.82, 2.24) is 10.2 Å². The Morgan fingerprint density at radius 3 is 2.50 bits per heavy atom. The Labute approximate surface area is 187 Å². The SMILES string of the molecule is CCC(C)NC(=O)C(C)N(Cc1cccc(C)c1)C(=O)COc1ccc(Br)c(C)c1. The molecule has 0 saturated carbocycles. The molecule has 2 amide bonds. The van der Waals surface area contributed by atoms with Crippen molar-refractivity contribution in [2.75, 3.05) is 6.61 Å². The highest BCUT2D eigenvalue weighted by Gasteiger charge is 2.27. The quantitative estimate of drug-likeness (QED) is 0.568. The van der Waals surface area contributed by atoms with E-state index < -0.39 is 6.04 Å². The van der Waals surface area contributed by atoms with Gasteiger partial charge in [0.1, 0.15) is 11.8 Å². The van der Waals surface area contributed by atoms with Crippen molar-refractivity contribution in [3.8, 4) is 5.75 Å². The highest BCUT2D eigenvalue weighted by atomic mass is 79.9. The van der Waals surface area contributed by atoms with Gasteiger partial charge in [-0.3, -0.25) is 9.59 Å². The number of nitrogens with one attached hydrogen (secondary N) is 1. The number of halogens is 1. The first kappa shape index (κ1) is 23.9. The van der Waals surface area contributed by atoms with Crippen molar-refractivity contribution in [1.29, 1.82) is 0 Å². The van der Waals surface area contributed by atoms with E-state index in [2.05, 4.69) is 21.2 Å². The van der Waals surface area contributed by atoms with Crippen LogP contribution in [0.2, 0.25) is 0 Å². The standard InChI is InChI=1S/C24H31BrN2O3/c1-6-18(4)26-24(29)19(5)27(14-20-9-7-8-16(2)12-20)23(28)15-30-21-10-11-22(25)17(3)13-21/h7-13,18-19H,6,14-15H2,1-5H3,(H,26,29). The molecule has 0 aliphatic carbocycles. The average molecular weight is 475 g/mol. The van der Waals surface area contributed by atoms with E-state index in [-0.39, 0.29) is 24.5 Å². The van der Waals surface area contributed by atoms with Crippen molar-refractivity contribution in [2.24, 2.45) is 0 Å². The number of rotatable bonds is 9. The van der Waals surface area contributed by atoms with Crippen LogP contribution in [0.4, 0.5) is 0 Å². The molecule has 0 radical (unpaired) electrons. The molecule has 2 aromatic rings. The minimum atomic E-state index is -0.609. The van der Waals surface area contributed by atoms with E-state index in [1.54, 1.807) is 11.8 Å². The number of hydrogen-bond donors (Lipinski definition) is 1. The monoisotopic (exact) mass is 474 g/mol. The third-order valence-electron chi connectivity index (χ3n) is 5.10. The second kappa shape index (κ2) is 11.2. The fourth-order valence-electron chi connectivity index (χ4n) is 2.99. The Kier molecular flexibility index (Phi) is 8.90. The zero-order chi connectivity index (χ0) is 22.3. The summed E-state index contributed by atoms with van der Waals surface area (Å²) in [5.74, 6) is 0.227. The van der Waals surface area contributed by atoms with Crippen LogP contribution < -0.4 is 10.1 Å². The zero-order valence-corrected chi connectivity index (χ0v) is 20.0. The van der Waals surface area contributed by atoms with E-state index >= 15 is 0 Å². The highest BCUT2D eigenvalue weighted by molar-refractivity contribution is 9.10. The summed E-state index contributed by atoms with van der Waals surface area (Å²) in [6.45, 7) is 9.91. The number of hydrogen-bond acceptors (Lipinski definition) is 3. The molecule has 0 bridgehead atoms. The lowest BCUT2D eigenvalue weighted by Crippen LogP contribution is -2.50. The van der Waals surface area contributed by atoms with E-state index in [9.17, 15) is 9.59 Å². The first-order valence-corrected chi connectivity index (χ1v) is 11.0. The Bertz CT molecular complexity index is 885. The number of nitrogens with zero attached hydrogens (tertiary/aromatic N) is 1. The second-order valence-electron chi connectivity index (χ2n) is 7.70. The minimum absolute atomic E-state index is 0.0536. The van der Waals surface area contributed by atoms with Crippen LogP contribution in [0.25, 0.3) is 0 Å². The van der Waals surface area contributed by atoms with Gasteiger partial charge in [-0.15, -0.1) is 0 Å². The van der Waals surface area contributed by atoms with Gasteiger partial charge in [-0.1, -0.05) is 52.7 Å². The van der Waals surface area contributed by atoms with Crippen molar-refractivity contribution in [3.05, 3.63) is 63.6 Å². The summed E-state index contributed by atoms with van der Waals surface area (Å²) < 4.78 is 6.72. The van der Waals surface area contributed by atoms with E-state index in [0.717, 1.165) is 27.6 Å². The van der Waals surface area contributed by atoms with Gasteiger partial charge < -0.3 is 15.0 Å². The molecule has 2 aromatic carbocycles. The first-order chi connectivity index (χ1) is 14.2. The maximum Gasteiger partial charge on any atom is 0.261 e. The van der Waals surface area contributed by atoms with E-state index in [1.807, 2.05) is 70.2 Å². The molecule has 2 unspecified atom stereocenters. The van der Waals surface area contributed by atoms with Gasteiger partial charge in [0.25, 0.3) is 5.91 Å². The molecular weight excluding hydrogens is 444 g/mol. The molecule has 162 valence electrons. The van der Waals surface area contributed by atoms with Gasteiger partial charge in [-0.25, -0.2) is 0 Å². The molecule has 30 heavy (non-hydrogen) atoms. The zero-order valence-electron chi connectivity index (χ0n) is 18.4. The van der Waals surface area contributed by atoms with Gasteiger partial charge in [0.2, 0.25) is 5.91 Å². The molecule has 0 aromatic heterocycles. The van der Waals surface area contributed by atoms with Gasteiger partial charge in [-0.05, 0) is 63.4 Å². The molecule has 0 heterocycles. The van der Waals surface area contributed by atoms with Crippen LogP contribution in [0.15, 0.2) is 46.9 Å². The lowest BCUT2D eigenvalue weighted by Gasteiger charge is -2.29. The smallest absolute Gasteiger partial charge is 0.261 e. The van der Waals surface area contributed by atoms with E-state index in [0.29, 0.717) is 12.3 Å². The molecule has 5 nitrogen and oxygen atoms in total. The van der Waals surface area contributed by atoms with Crippen LogP contribution in [-0.4, -0.2) is 35.4 Å². The third kappa shape index (κ3) is 6.87. The van der Waals surface area contributed by atoms with Crippen molar-refractivity contribution in [2.45, 2.75) is 59.7 Å². The lowest BCUT2D eigenvalue weighted by molar-refractivity contribution is -0.142. The average Bonchev–Trinajstić information content (AvgIpc) is 2.72. The topological polar surface area (TPSA) is 58.6 Å². The maximum atomic E-state index is 13.1. The first-order valence-electron chi connectivity index (χ1n) is 10.3. The van der Waals surface area contributed by atoms with Crippen molar-refractivity contribution < 1.29 is 14.3 Å². The fourth-order valence-corrected chi connectivity index (χ4v) is 3.24. The second-order valence-corrected chi connectivity index (χ2v) is 8.56. The lowest BCUT2D eigenvalue weighted by atomic mass is 10.1. The normalized spacial score (nSPS) is 12.7. The van der Waals surface area contributed by atoms with Crippen molar-refractivity contribution >= 4 is 27.7 Å². The van der Waals surface area contributed by atoms with Crippen LogP contribution in [-0.2, 0) is 16.1 Å². The van der Waals surface area contributed by atoms with E-state index in [1.165, 1.54) is 0 Å². The van der Waals surface area contributed by atoms with Gasteiger partial charge in [0, 0.05) is 17.1 Å². The molecule has 0 aliphatic heterocycles. The Morgan fingerprint density at radius 2 is 1.87 bits per heavy atom. The molecule has 0 aliphatic rings. The largest absolute Gasteiger partial charge is 0.484 e. The molecule has 0 fully saturated rings. The predicted octanol–water partition coefficient (Wildman–Crippen LogP) is 4.78. The summed E-state index contributed by atoms with van der Waals surface area (Å²) in [6, 6.07) is 13.0. The van der Waals surface area contributed by atoms with Gasteiger partial charge >= 0.3 is 0 Å². The van der Waals surface area contributed by atoms with Crippen LogP contribution in [0.1, 0.15) is 43.9 Å². The van der Waals surface area contributed by atoms with Crippen molar-refractivity contribution in [3.63, 3.8) is 0 Å². The number of amides is 2. The van der Waals surface area contributed by atoms with Crippen LogP contribution >= 0.6 is 15.9 Å². The van der Waals surface area contributed by atoms with Gasteiger partial charge in [0.05, 0.1) is 0 Å². The molecule has 6 heteroatoms. The minimum Gasteiger partial charge on any atom is -0.484 e. The molecule has 2 atom stereocenters. The summed E-state index contributed by atoms with van der Waals surface area (Å²) in [6.07, 6.45) is 0.830. The molecular formula is C24H31BrN2O3. The maximum absolute atomic E-state index is 13.1.